The summed E-state index contributed by atoms with van der Waals surface area (Å²) in [6.45, 7) is 3.79. The van der Waals surface area contributed by atoms with Crippen molar-refractivity contribution in [3.8, 4) is 5.75 Å². The average molecular weight is 305 g/mol. The second-order valence-corrected chi connectivity index (χ2v) is 5.73. The third kappa shape index (κ3) is 3.42. The fourth-order valence-corrected chi connectivity index (χ4v) is 3.20. The molecule has 1 heterocycles. The topological polar surface area (TPSA) is 56.8 Å². The van der Waals surface area contributed by atoms with Crippen LogP contribution in [0, 0.1) is 0 Å². The molecule has 120 valence electrons. The summed E-state index contributed by atoms with van der Waals surface area (Å²) in [5.74, 6) is 0.553. The molecule has 0 bridgehead atoms. The molecule has 0 spiro atoms. The first-order valence-electron chi connectivity index (χ1n) is 8.04. The molecule has 1 N–H and O–H groups in total. The number of nitrogens with one attached hydrogen (secondary N) is 1. The molecule has 22 heavy (non-hydrogen) atoms. The molecule has 1 saturated heterocycles. The molecule has 5 heteroatoms. The molecule has 1 aromatic rings. The van der Waals surface area contributed by atoms with Crippen molar-refractivity contribution in [3.05, 3.63) is 29.8 Å². The average Bonchev–Trinajstić information content (AvgIpc) is 2.55. The summed E-state index contributed by atoms with van der Waals surface area (Å²) in [4.78, 5) is 12.5. The number of ether oxygens (including phenoxy) is 3. The maximum absolute atomic E-state index is 12.5. The highest BCUT2D eigenvalue weighted by Crippen LogP contribution is 2.27. The second-order valence-electron chi connectivity index (χ2n) is 5.73. The first kappa shape index (κ1) is 15.3. The highest BCUT2D eigenvalue weighted by Gasteiger charge is 2.34. The van der Waals surface area contributed by atoms with Gasteiger partial charge >= 0.3 is 0 Å². The molecule has 2 fully saturated rings. The molecule has 0 radical (unpaired) electrons. The van der Waals surface area contributed by atoms with Crippen molar-refractivity contribution in [2.24, 2.45) is 0 Å². The van der Waals surface area contributed by atoms with Crippen LogP contribution in [-0.2, 0) is 9.47 Å². The van der Waals surface area contributed by atoms with Gasteiger partial charge in [0.15, 0.2) is 0 Å². The van der Waals surface area contributed by atoms with Gasteiger partial charge < -0.3 is 19.5 Å². The molecule has 0 aromatic heterocycles. The number of benzene rings is 1. The van der Waals surface area contributed by atoms with E-state index in [0.717, 1.165) is 19.3 Å². The normalized spacial score (nSPS) is 27.8. The Hall–Kier alpha value is -1.59. The fraction of sp³-hybridized carbons (Fsp3) is 0.588. The third-order valence-electron chi connectivity index (χ3n) is 4.25. The van der Waals surface area contributed by atoms with Crippen LogP contribution in [0.1, 0.15) is 36.5 Å². The lowest BCUT2D eigenvalue weighted by Gasteiger charge is -2.39. The first-order valence-corrected chi connectivity index (χ1v) is 8.04. The summed E-state index contributed by atoms with van der Waals surface area (Å²) in [5, 5.41) is 3.11. The van der Waals surface area contributed by atoms with E-state index >= 15 is 0 Å². The van der Waals surface area contributed by atoms with Crippen LogP contribution in [0.5, 0.6) is 5.75 Å². The molecule has 3 rings (SSSR count). The van der Waals surface area contributed by atoms with Crippen LogP contribution in [0.2, 0.25) is 0 Å². The lowest BCUT2D eigenvalue weighted by molar-refractivity contribution is -0.157. The summed E-state index contributed by atoms with van der Waals surface area (Å²) in [6, 6.07) is 7.48. The summed E-state index contributed by atoms with van der Waals surface area (Å²) in [5.41, 5.74) is 0.590. The van der Waals surface area contributed by atoms with Crippen LogP contribution in [0.3, 0.4) is 0 Å². The predicted molar refractivity (Wildman–Crippen MR) is 82.2 cm³/mol. The molecule has 1 aliphatic heterocycles. The Balaban J connectivity index is 1.62. The van der Waals surface area contributed by atoms with Crippen molar-refractivity contribution in [1.82, 2.24) is 5.32 Å². The van der Waals surface area contributed by atoms with Gasteiger partial charge in [-0.15, -0.1) is 0 Å². The zero-order valence-electron chi connectivity index (χ0n) is 12.9. The van der Waals surface area contributed by atoms with Crippen molar-refractivity contribution in [2.45, 2.75) is 44.4 Å². The minimum absolute atomic E-state index is 0.0794. The molecule has 3 atom stereocenters. The Morgan fingerprint density at radius 2 is 2.00 bits per heavy atom. The van der Waals surface area contributed by atoms with Gasteiger partial charge in [-0.2, -0.15) is 0 Å². The second kappa shape index (κ2) is 7.11. The van der Waals surface area contributed by atoms with Crippen LogP contribution in [-0.4, -0.2) is 44.0 Å². The Morgan fingerprint density at radius 3 is 2.82 bits per heavy atom. The van der Waals surface area contributed by atoms with Crippen molar-refractivity contribution in [3.63, 3.8) is 0 Å². The van der Waals surface area contributed by atoms with Crippen LogP contribution in [0.4, 0.5) is 0 Å². The Morgan fingerprint density at radius 1 is 1.23 bits per heavy atom. The predicted octanol–water partition coefficient (Wildman–Crippen LogP) is 2.15. The van der Waals surface area contributed by atoms with E-state index in [-0.39, 0.29) is 24.2 Å². The standard InChI is InChI=1S/C17H23NO4/c1-2-20-14-6-4-3-5-13(14)17(19)18-12-7-8-15-16(11-12)22-10-9-21-15/h3-6,12,15-16H,2,7-11H2,1H3,(H,18,19). The fourth-order valence-electron chi connectivity index (χ4n) is 3.20. The minimum atomic E-state index is -0.0794. The van der Waals surface area contributed by atoms with E-state index in [2.05, 4.69) is 5.32 Å². The molecular formula is C17H23NO4. The number of carbonyl (C=O) groups is 1. The molecule has 5 nitrogen and oxygen atoms in total. The van der Waals surface area contributed by atoms with E-state index < -0.39 is 0 Å². The maximum Gasteiger partial charge on any atom is 0.255 e. The first-order chi connectivity index (χ1) is 10.8. The van der Waals surface area contributed by atoms with Crippen molar-refractivity contribution < 1.29 is 19.0 Å². The summed E-state index contributed by atoms with van der Waals surface area (Å²) >= 11 is 0. The van der Waals surface area contributed by atoms with E-state index in [1.165, 1.54) is 0 Å². The SMILES string of the molecule is CCOc1ccccc1C(=O)NC1CCC2OCCOC2C1. The number of rotatable bonds is 4. The van der Waals surface area contributed by atoms with Crippen LogP contribution in [0.25, 0.3) is 0 Å². The zero-order chi connectivity index (χ0) is 15.4. The van der Waals surface area contributed by atoms with Crippen molar-refractivity contribution >= 4 is 5.91 Å². The van der Waals surface area contributed by atoms with E-state index in [4.69, 9.17) is 14.2 Å². The Labute approximate surface area is 130 Å². The van der Waals surface area contributed by atoms with Crippen LogP contribution < -0.4 is 10.1 Å². The van der Waals surface area contributed by atoms with Gasteiger partial charge in [0.2, 0.25) is 0 Å². The number of hydrogen-bond donors (Lipinski definition) is 1. The molecule has 3 unspecified atom stereocenters. The number of fused-ring (bicyclic) bond motifs is 1. The third-order valence-corrected chi connectivity index (χ3v) is 4.25. The largest absolute Gasteiger partial charge is 0.493 e. The Bertz CT molecular complexity index is 519. The van der Waals surface area contributed by atoms with Gasteiger partial charge in [-0.25, -0.2) is 0 Å². The van der Waals surface area contributed by atoms with Crippen molar-refractivity contribution in [1.29, 1.82) is 0 Å². The lowest BCUT2D eigenvalue weighted by Crippen LogP contribution is -2.49. The minimum Gasteiger partial charge on any atom is -0.493 e. The quantitative estimate of drug-likeness (QED) is 0.926. The highest BCUT2D eigenvalue weighted by molar-refractivity contribution is 5.97. The molecule has 1 aliphatic carbocycles. The monoisotopic (exact) mass is 305 g/mol. The van der Waals surface area contributed by atoms with E-state index in [0.29, 0.717) is 31.1 Å². The van der Waals surface area contributed by atoms with Gasteiger partial charge in [0, 0.05) is 6.04 Å². The Kier molecular flexibility index (Phi) is 4.95. The number of hydrogen-bond acceptors (Lipinski definition) is 4. The molecule has 2 aliphatic rings. The van der Waals surface area contributed by atoms with E-state index in [1.54, 1.807) is 6.07 Å². The van der Waals surface area contributed by atoms with Gasteiger partial charge in [0.25, 0.3) is 5.91 Å². The highest BCUT2D eigenvalue weighted by atomic mass is 16.6. The van der Waals surface area contributed by atoms with Gasteiger partial charge in [-0.1, -0.05) is 12.1 Å². The summed E-state index contributed by atoms with van der Waals surface area (Å²) in [6.07, 6.45) is 2.97. The zero-order valence-corrected chi connectivity index (χ0v) is 12.9. The van der Waals surface area contributed by atoms with E-state index in [9.17, 15) is 4.79 Å². The van der Waals surface area contributed by atoms with Gasteiger partial charge in [0.05, 0.1) is 37.6 Å². The number of carbonyl (C=O) groups excluding carboxylic acids is 1. The molecule has 1 aromatic carbocycles. The van der Waals surface area contributed by atoms with Gasteiger partial charge in [0.1, 0.15) is 5.75 Å². The van der Waals surface area contributed by atoms with Crippen molar-refractivity contribution in [2.75, 3.05) is 19.8 Å². The number of amides is 1. The molecule has 1 saturated carbocycles. The van der Waals surface area contributed by atoms with Gasteiger partial charge in [-0.3, -0.25) is 4.79 Å². The van der Waals surface area contributed by atoms with Gasteiger partial charge in [-0.05, 0) is 38.3 Å². The lowest BCUT2D eigenvalue weighted by atomic mass is 9.89. The smallest absolute Gasteiger partial charge is 0.255 e. The number of para-hydroxylation sites is 1. The molecular weight excluding hydrogens is 282 g/mol. The molecule has 1 amide bonds. The summed E-state index contributed by atoms with van der Waals surface area (Å²) < 4.78 is 17.0. The van der Waals surface area contributed by atoms with Crippen LogP contribution >= 0.6 is 0 Å². The van der Waals surface area contributed by atoms with Crippen LogP contribution in [0.15, 0.2) is 24.3 Å². The van der Waals surface area contributed by atoms with E-state index in [1.807, 2.05) is 25.1 Å². The summed E-state index contributed by atoms with van der Waals surface area (Å²) in [7, 11) is 0. The maximum atomic E-state index is 12.5.